The van der Waals surface area contributed by atoms with Crippen LogP contribution in [0.2, 0.25) is 0 Å². The molecule has 1 aromatic carbocycles. The van der Waals surface area contributed by atoms with E-state index in [1.165, 1.54) is 23.3 Å². The van der Waals surface area contributed by atoms with Crippen LogP contribution in [-0.2, 0) is 17.9 Å². The number of amides is 2. The minimum Gasteiger partial charge on any atom is -0.459 e. The molecule has 0 aliphatic heterocycles. The fourth-order valence-corrected chi connectivity index (χ4v) is 4.18. The van der Waals surface area contributed by atoms with Gasteiger partial charge in [-0.25, -0.2) is 4.39 Å². The number of furan rings is 1. The first-order valence-corrected chi connectivity index (χ1v) is 11.1. The van der Waals surface area contributed by atoms with Gasteiger partial charge in [-0.3, -0.25) is 9.59 Å². The summed E-state index contributed by atoms with van der Waals surface area (Å²) in [6, 6.07) is 11.4. The van der Waals surface area contributed by atoms with Crippen molar-refractivity contribution in [1.29, 1.82) is 0 Å². The van der Waals surface area contributed by atoms with E-state index < -0.39 is 0 Å². The van der Waals surface area contributed by atoms with E-state index in [2.05, 4.69) is 0 Å². The molecule has 3 rings (SSSR count). The molecule has 2 amide bonds. The number of halogens is 1. The third-order valence-corrected chi connectivity index (χ3v) is 5.88. The number of carbonyl (C=O) groups excluding carboxylic acids is 2. The first-order chi connectivity index (χ1) is 14.8. The van der Waals surface area contributed by atoms with Crippen LogP contribution in [-0.4, -0.2) is 34.7 Å². The van der Waals surface area contributed by atoms with E-state index in [1.807, 2.05) is 32.2 Å². The molecular formula is C24H27FN2O3S. The fourth-order valence-electron chi connectivity index (χ4n) is 3.26. The van der Waals surface area contributed by atoms with Crippen LogP contribution in [0.15, 0.2) is 58.5 Å². The maximum Gasteiger partial charge on any atom is 0.290 e. The zero-order valence-corrected chi connectivity index (χ0v) is 18.8. The highest BCUT2D eigenvalue weighted by molar-refractivity contribution is 7.10. The molecule has 2 aromatic heterocycles. The summed E-state index contributed by atoms with van der Waals surface area (Å²) in [7, 11) is 0. The van der Waals surface area contributed by atoms with E-state index in [4.69, 9.17) is 4.42 Å². The number of carbonyl (C=O) groups is 2. The normalized spacial score (nSPS) is 11.0. The van der Waals surface area contributed by atoms with Crippen LogP contribution in [0, 0.1) is 18.7 Å². The SMILES string of the molecule is Cc1ccsc1CN(Cc1ccc(F)cc1)C(=O)CN(CC(C)C)C(=O)c1ccco1. The van der Waals surface area contributed by atoms with Crippen molar-refractivity contribution in [2.75, 3.05) is 13.1 Å². The number of hydrogen-bond donors (Lipinski definition) is 0. The van der Waals surface area contributed by atoms with Gasteiger partial charge in [-0.1, -0.05) is 26.0 Å². The Balaban J connectivity index is 1.81. The van der Waals surface area contributed by atoms with Gasteiger partial charge >= 0.3 is 0 Å². The number of nitrogens with zero attached hydrogens (tertiary/aromatic N) is 2. The standard InChI is InChI=1S/C24H27FN2O3S/c1-17(2)13-27(24(29)21-5-4-11-30-21)16-23(28)26(15-22-18(3)10-12-31-22)14-19-6-8-20(25)9-7-19/h4-12,17H,13-16H2,1-3H3. The van der Waals surface area contributed by atoms with Crippen molar-refractivity contribution < 1.29 is 18.4 Å². The summed E-state index contributed by atoms with van der Waals surface area (Å²) < 4.78 is 18.6. The van der Waals surface area contributed by atoms with E-state index in [-0.39, 0.29) is 35.9 Å². The van der Waals surface area contributed by atoms with Crippen LogP contribution >= 0.6 is 11.3 Å². The second-order valence-corrected chi connectivity index (χ2v) is 8.96. The molecule has 2 heterocycles. The Morgan fingerprint density at radius 1 is 1.06 bits per heavy atom. The number of aryl methyl sites for hydroxylation is 1. The molecule has 0 spiro atoms. The van der Waals surface area contributed by atoms with Crippen LogP contribution < -0.4 is 0 Å². The molecule has 0 atom stereocenters. The molecule has 31 heavy (non-hydrogen) atoms. The Hall–Kier alpha value is -2.93. The van der Waals surface area contributed by atoms with Crippen molar-refractivity contribution in [1.82, 2.24) is 9.80 Å². The monoisotopic (exact) mass is 442 g/mol. The predicted octanol–water partition coefficient (Wildman–Crippen LogP) is 5.12. The van der Waals surface area contributed by atoms with Gasteiger partial charge in [0.1, 0.15) is 12.4 Å². The number of hydrogen-bond acceptors (Lipinski definition) is 4. The Bertz CT molecular complexity index is 996. The van der Waals surface area contributed by atoms with Crippen LogP contribution in [0.25, 0.3) is 0 Å². The molecule has 0 aliphatic rings. The van der Waals surface area contributed by atoms with Crippen LogP contribution in [0.5, 0.6) is 0 Å². The fraction of sp³-hybridized carbons (Fsp3) is 0.333. The molecule has 0 radical (unpaired) electrons. The molecule has 3 aromatic rings. The average Bonchev–Trinajstić information content (AvgIpc) is 3.40. The van der Waals surface area contributed by atoms with Crippen molar-refractivity contribution >= 4 is 23.2 Å². The minimum atomic E-state index is -0.317. The molecule has 164 valence electrons. The zero-order chi connectivity index (χ0) is 22.4. The summed E-state index contributed by atoms with van der Waals surface area (Å²) in [4.78, 5) is 30.6. The third kappa shape index (κ3) is 6.28. The Labute approximate surface area is 186 Å². The lowest BCUT2D eigenvalue weighted by Gasteiger charge is -2.28. The number of benzene rings is 1. The molecule has 0 aliphatic carbocycles. The largest absolute Gasteiger partial charge is 0.459 e. The molecule has 0 unspecified atom stereocenters. The molecule has 0 saturated heterocycles. The zero-order valence-electron chi connectivity index (χ0n) is 18.0. The lowest BCUT2D eigenvalue weighted by Crippen LogP contribution is -2.43. The van der Waals surface area contributed by atoms with Crippen LogP contribution in [0.4, 0.5) is 4.39 Å². The number of rotatable bonds is 9. The number of thiophene rings is 1. The summed E-state index contributed by atoms with van der Waals surface area (Å²) in [6.07, 6.45) is 1.45. The van der Waals surface area contributed by atoms with Crippen molar-refractivity contribution in [2.45, 2.75) is 33.9 Å². The van der Waals surface area contributed by atoms with Crippen LogP contribution in [0.3, 0.4) is 0 Å². The quantitative estimate of drug-likeness (QED) is 0.462. The van der Waals surface area contributed by atoms with Gasteiger partial charge in [0.15, 0.2) is 5.76 Å². The van der Waals surface area contributed by atoms with Gasteiger partial charge in [0, 0.05) is 18.0 Å². The lowest BCUT2D eigenvalue weighted by molar-refractivity contribution is -0.133. The molecule has 0 N–H and O–H groups in total. The Morgan fingerprint density at radius 2 is 1.81 bits per heavy atom. The maximum atomic E-state index is 13.3. The summed E-state index contributed by atoms with van der Waals surface area (Å²) in [5.74, 6) is -0.383. The summed E-state index contributed by atoms with van der Waals surface area (Å²) >= 11 is 1.59. The van der Waals surface area contributed by atoms with Gasteiger partial charge in [0.05, 0.1) is 12.8 Å². The summed E-state index contributed by atoms with van der Waals surface area (Å²) in [5, 5.41) is 2.00. The van der Waals surface area contributed by atoms with Gasteiger partial charge in [-0.2, -0.15) is 0 Å². The molecule has 7 heteroatoms. The Morgan fingerprint density at radius 3 is 2.39 bits per heavy atom. The molecular weight excluding hydrogens is 415 g/mol. The second kappa shape index (κ2) is 10.4. The maximum absolute atomic E-state index is 13.3. The van der Waals surface area contributed by atoms with Gasteiger partial charge in [0.2, 0.25) is 5.91 Å². The van der Waals surface area contributed by atoms with E-state index in [1.54, 1.807) is 40.5 Å². The summed E-state index contributed by atoms with van der Waals surface area (Å²) in [6.45, 7) is 7.16. The highest BCUT2D eigenvalue weighted by Crippen LogP contribution is 2.20. The van der Waals surface area contributed by atoms with Gasteiger partial charge < -0.3 is 14.2 Å². The predicted molar refractivity (Wildman–Crippen MR) is 119 cm³/mol. The third-order valence-electron chi connectivity index (χ3n) is 4.87. The highest BCUT2D eigenvalue weighted by Gasteiger charge is 2.25. The first-order valence-electron chi connectivity index (χ1n) is 10.2. The first kappa shape index (κ1) is 22.7. The van der Waals surface area contributed by atoms with E-state index in [9.17, 15) is 14.0 Å². The molecule has 0 bridgehead atoms. The molecule has 0 saturated carbocycles. The van der Waals surface area contributed by atoms with Crippen molar-refractivity contribution in [3.63, 3.8) is 0 Å². The summed E-state index contributed by atoms with van der Waals surface area (Å²) in [5.41, 5.74) is 1.95. The van der Waals surface area contributed by atoms with Crippen molar-refractivity contribution in [3.8, 4) is 0 Å². The van der Waals surface area contributed by atoms with Gasteiger partial charge in [-0.15, -0.1) is 11.3 Å². The van der Waals surface area contributed by atoms with E-state index in [0.717, 1.165) is 16.0 Å². The van der Waals surface area contributed by atoms with Gasteiger partial charge in [0.25, 0.3) is 5.91 Å². The van der Waals surface area contributed by atoms with Crippen molar-refractivity contribution in [2.24, 2.45) is 5.92 Å². The molecule has 5 nitrogen and oxygen atoms in total. The average molecular weight is 443 g/mol. The minimum absolute atomic E-state index is 0.0523. The second-order valence-electron chi connectivity index (χ2n) is 7.96. The van der Waals surface area contributed by atoms with E-state index >= 15 is 0 Å². The van der Waals surface area contributed by atoms with E-state index in [0.29, 0.717) is 19.6 Å². The van der Waals surface area contributed by atoms with Gasteiger partial charge in [-0.05, 0) is 59.7 Å². The van der Waals surface area contributed by atoms with Crippen LogP contribution in [0.1, 0.15) is 40.4 Å². The smallest absolute Gasteiger partial charge is 0.290 e. The lowest BCUT2D eigenvalue weighted by atomic mass is 10.1. The highest BCUT2D eigenvalue weighted by atomic mass is 32.1. The Kier molecular flexibility index (Phi) is 7.63. The topological polar surface area (TPSA) is 53.8 Å². The van der Waals surface area contributed by atoms with Crippen molar-refractivity contribution in [3.05, 3.63) is 81.7 Å². The molecule has 0 fully saturated rings.